The number of fused-ring (bicyclic) bond motifs is 3. The molecule has 4 rings (SSSR count). The van der Waals surface area contributed by atoms with E-state index < -0.39 is 22.5 Å². The van der Waals surface area contributed by atoms with Gasteiger partial charge in [0.25, 0.3) is 0 Å². The van der Waals surface area contributed by atoms with Crippen LogP contribution in [0.15, 0.2) is 58.3 Å². The van der Waals surface area contributed by atoms with Crippen LogP contribution in [-0.4, -0.2) is 5.11 Å². The molecule has 2 aromatic carbocycles. The van der Waals surface area contributed by atoms with Crippen LogP contribution in [0.2, 0.25) is 0 Å². The van der Waals surface area contributed by atoms with Gasteiger partial charge >= 0.3 is 22.5 Å². The molecule has 7 heteroatoms. The van der Waals surface area contributed by atoms with Crippen LogP contribution in [0.4, 0.5) is 0 Å². The van der Waals surface area contributed by atoms with E-state index in [1.54, 1.807) is 0 Å². The van der Waals surface area contributed by atoms with Crippen molar-refractivity contribution >= 4 is 21.5 Å². The lowest BCUT2D eigenvalue weighted by atomic mass is 9.97. The lowest BCUT2D eigenvalue weighted by molar-refractivity contribution is 0.475. The Morgan fingerprint density at radius 2 is 1.26 bits per heavy atom. The Labute approximate surface area is 125 Å². The summed E-state index contributed by atoms with van der Waals surface area (Å²) in [5.74, 6) is 0.0137. The number of benzene rings is 2. The van der Waals surface area contributed by atoms with E-state index in [1.165, 1.54) is 30.3 Å². The van der Waals surface area contributed by atoms with Crippen LogP contribution in [0.1, 0.15) is 0 Å². The van der Waals surface area contributed by atoms with Gasteiger partial charge in [-0.3, -0.25) is 0 Å². The molecule has 0 fully saturated rings. The van der Waals surface area contributed by atoms with Crippen LogP contribution in [0, 0.1) is 0 Å². The monoisotopic (exact) mass is 310 g/mol. The first-order valence-electron chi connectivity index (χ1n) is 6.51. The zero-order chi connectivity index (χ0) is 16.3. The van der Waals surface area contributed by atoms with Crippen molar-refractivity contribution < 1.29 is 13.9 Å². The van der Waals surface area contributed by atoms with E-state index >= 15 is 0 Å². The number of hydrogen-bond donors (Lipinski definition) is 1. The number of aromatic hydroxyl groups is 1. The van der Waals surface area contributed by atoms with Crippen molar-refractivity contribution in [3.8, 4) is 16.9 Å². The Balaban J connectivity index is 2.32. The molecule has 7 nitrogen and oxygen atoms in total. The molecule has 0 amide bonds. The van der Waals surface area contributed by atoms with Crippen LogP contribution in [0.3, 0.4) is 0 Å². The van der Waals surface area contributed by atoms with Crippen LogP contribution >= 0.6 is 0 Å². The highest BCUT2D eigenvalue weighted by atomic mass is 16.4. The average Bonchev–Trinajstić information content (AvgIpc) is 2.96. The Hall–Kier alpha value is -3.48. The first kappa shape index (κ1) is 13.2. The van der Waals surface area contributed by atoms with Gasteiger partial charge in [-0.25, -0.2) is 19.2 Å². The summed E-state index contributed by atoms with van der Waals surface area (Å²) in [5, 5.41) is 8.67. The molecular formula is C16H6O7. The minimum absolute atomic E-state index is 0.0137. The molecule has 0 saturated carbocycles. The average molecular weight is 310 g/mol. The van der Waals surface area contributed by atoms with Gasteiger partial charge in [-0.15, -0.1) is 0 Å². The summed E-state index contributed by atoms with van der Waals surface area (Å²) in [7, 11) is 0. The number of phenols is 1. The third-order valence-electron chi connectivity index (χ3n) is 3.71. The van der Waals surface area contributed by atoms with Crippen LogP contribution < -0.4 is 22.5 Å². The highest BCUT2D eigenvalue weighted by Crippen LogP contribution is 2.30. The molecule has 1 N–H and O–H groups in total. The van der Waals surface area contributed by atoms with Crippen LogP contribution in [-0.2, 0) is 0 Å². The van der Waals surface area contributed by atoms with Gasteiger partial charge in [-0.05, 0) is 29.3 Å². The van der Waals surface area contributed by atoms with Gasteiger partial charge in [0.15, 0.2) is 0 Å². The molecule has 0 unspecified atom stereocenters. The van der Waals surface area contributed by atoms with Crippen LogP contribution in [0.5, 0.6) is 5.75 Å². The number of furan rings is 2. The maximum atomic E-state index is 12.0. The number of phenolic OH excluding ortho intramolecular Hbond substituents is 1. The second-order valence-electron chi connectivity index (χ2n) is 5.00. The second kappa shape index (κ2) is 4.26. The molecule has 0 aliphatic rings. The fourth-order valence-electron chi connectivity index (χ4n) is 2.72. The third kappa shape index (κ3) is 1.70. The summed E-state index contributed by atoms with van der Waals surface area (Å²) < 4.78 is 9.09. The van der Waals surface area contributed by atoms with Crippen molar-refractivity contribution in [2.75, 3.05) is 0 Å². The molecule has 0 aliphatic carbocycles. The van der Waals surface area contributed by atoms with E-state index in [0.717, 1.165) is 0 Å². The Bertz CT molecular complexity index is 1280. The van der Waals surface area contributed by atoms with Crippen molar-refractivity contribution in [1.29, 1.82) is 0 Å². The second-order valence-corrected chi connectivity index (χ2v) is 5.00. The molecular weight excluding hydrogens is 304 g/mol. The maximum Gasteiger partial charge on any atom is 0.347 e. The maximum absolute atomic E-state index is 12.0. The van der Waals surface area contributed by atoms with E-state index in [0.29, 0.717) is 5.56 Å². The van der Waals surface area contributed by atoms with Gasteiger partial charge in [0.1, 0.15) is 5.75 Å². The molecule has 4 aromatic rings. The molecule has 23 heavy (non-hydrogen) atoms. The van der Waals surface area contributed by atoms with Gasteiger partial charge in [0.05, 0.1) is 21.5 Å². The predicted molar refractivity (Wildman–Crippen MR) is 80.5 cm³/mol. The van der Waals surface area contributed by atoms with Crippen molar-refractivity contribution in [2.24, 2.45) is 0 Å². The minimum Gasteiger partial charge on any atom is -0.508 e. The lowest BCUT2D eigenvalue weighted by Crippen LogP contribution is -1.99. The van der Waals surface area contributed by atoms with Crippen LogP contribution in [0.25, 0.3) is 32.7 Å². The molecule has 0 spiro atoms. The molecule has 0 aliphatic heterocycles. The molecule has 0 bridgehead atoms. The summed E-state index contributed by atoms with van der Waals surface area (Å²) in [6.45, 7) is 0. The molecule has 112 valence electrons. The summed E-state index contributed by atoms with van der Waals surface area (Å²) >= 11 is 0. The van der Waals surface area contributed by atoms with Crippen molar-refractivity contribution in [3.63, 3.8) is 0 Å². The largest absolute Gasteiger partial charge is 0.508 e. The summed E-state index contributed by atoms with van der Waals surface area (Å²) in [5.41, 5.74) is -3.04. The van der Waals surface area contributed by atoms with Crippen molar-refractivity contribution in [2.45, 2.75) is 0 Å². The topological polar surface area (TPSA) is 115 Å². The van der Waals surface area contributed by atoms with E-state index in [9.17, 15) is 24.3 Å². The summed E-state index contributed by atoms with van der Waals surface area (Å²) in [6, 6.07) is 7.11. The minimum atomic E-state index is -0.992. The van der Waals surface area contributed by atoms with Gasteiger partial charge < -0.3 is 13.9 Å². The van der Waals surface area contributed by atoms with E-state index in [4.69, 9.17) is 0 Å². The lowest BCUT2D eigenvalue weighted by Gasteiger charge is -2.03. The summed E-state index contributed by atoms with van der Waals surface area (Å²) in [4.78, 5) is 47.5. The Morgan fingerprint density at radius 1 is 0.696 bits per heavy atom. The number of hydrogen-bond acceptors (Lipinski definition) is 7. The Kier molecular flexibility index (Phi) is 2.45. The molecule has 0 radical (unpaired) electrons. The van der Waals surface area contributed by atoms with Gasteiger partial charge in [-0.1, -0.05) is 12.1 Å². The third-order valence-corrected chi connectivity index (χ3v) is 3.71. The zero-order valence-electron chi connectivity index (χ0n) is 11.3. The standard InChI is InChI=1S/C16H6O7/c17-7-3-1-6(2-4-7)8-5-9-11(15(20)22-13(9)18)12-10(8)14(19)23-16(12)21/h1-5,17H. The first-order chi connectivity index (χ1) is 11.0. The fraction of sp³-hybridized carbons (Fsp3) is 0. The van der Waals surface area contributed by atoms with Gasteiger partial charge in [0.2, 0.25) is 0 Å². The normalized spacial score (nSPS) is 11.5. The molecule has 2 aromatic heterocycles. The van der Waals surface area contributed by atoms with E-state index in [-0.39, 0.29) is 32.9 Å². The quantitative estimate of drug-likeness (QED) is 0.554. The van der Waals surface area contributed by atoms with Crippen molar-refractivity contribution in [1.82, 2.24) is 0 Å². The van der Waals surface area contributed by atoms with Crippen molar-refractivity contribution in [3.05, 3.63) is 72.0 Å². The Morgan fingerprint density at radius 3 is 1.96 bits per heavy atom. The van der Waals surface area contributed by atoms with Gasteiger partial charge in [-0.2, -0.15) is 0 Å². The molecule has 0 atom stereocenters. The first-order valence-corrected chi connectivity index (χ1v) is 6.51. The summed E-state index contributed by atoms with van der Waals surface area (Å²) in [6.07, 6.45) is 0. The number of rotatable bonds is 1. The highest BCUT2D eigenvalue weighted by molar-refractivity contribution is 6.12. The van der Waals surface area contributed by atoms with E-state index in [2.05, 4.69) is 8.83 Å². The fourth-order valence-corrected chi connectivity index (χ4v) is 2.72. The van der Waals surface area contributed by atoms with Gasteiger partial charge in [0, 0.05) is 0 Å². The molecule has 0 saturated heterocycles. The zero-order valence-corrected chi connectivity index (χ0v) is 11.3. The highest BCUT2D eigenvalue weighted by Gasteiger charge is 2.23. The van der Waals surface area contributed by atoms with E-state index in [1.807, 2.05) is 0 Å². The smallest absolute Gasteiger partial charge is 0.347 e. The predicted octanol–water partition coefficient (Wildman–Crippen LogP) is 0.868. The SMILES string of the molecule is O=c1oc(=O)c2c1cc(-c1ccc(O)cc1)c1c(=O)oc(=O)c12. The molecule has 2 heterocycles.